The first-order valence-electron chi connectivity index (χ1n) is 8.14. The molecule has 0 spiro atoms. The number of nitrogens with zero attached hydrogens (tertiary/aromatic N) is 1. The zero-order chi connectivity index (χ0) is 17.1. The van der Waals surface area contributed by atoms with Gasteiger partial charge in [0.15, 0.2) is 0 Å². The summed E-state index contributed by atoms with van der Waals surface area (Å²) in [6, 6.07) is 6.71. The van der Waals surface area contributed by atoms with Gasteiger partial charge in [0.2, 0.25) is 0 Å². The molecule has 1 aromatic carbocycles. The third-order valence-electron chi connectivity index (χ3n) is 3.46. The van der Waals surface area contributed by atoms with Gasteiger partial charge in [-0.25, -0.2) is 0 Å². The Morgan fingerprint density at radius 3 is 2.22 bits per heavy atom. The van der Waals surface area contributed by atoms with E-state index in [1.807, 2.05) is 0 Å². The summed E-state index contributed by atoms with van der Waals surface area (Å²) in [5, 5.41) is 0.353. The molecule has 1 rings (SSSR count). The van der Waals surface area contributed by atoms with Crippen molar-refractivity contribution >= 4 is 23.4 Å². The van der Waals surface area contributed by atoms with Crippen LogP contribution in [0.4, 0.5) is 0 Å². The van der Waals surface area contributed by atoms with E-state index in [2.05, 4.69) is 29.6 Å². The SMILES string of the molecule is CCCCN(CCCC)CC(=O)NNC(=O)c1ccccc1Cl. The molecule has 0 bridgehead atoms. The van der Waals surface area contributed by atoms with Gasteiger partial charge >= 0.3 is 0 Å². The summed E-state index contributed by atoms with van der Waals surface area (Å²) >= 11 is 5.95. The van der Waals surface area contributed by atoms with Crippen LogP contribution in [0.25, 0.3) is 0 Å². The van der Waals surface area contributed by atoms with E-state index in [0.717, 1.165) is 38.8 Å². The van der Waals surface area contributed by atoms with E-state index in [4.69, 9.17) is 11.6 Å². The zero-order valence-corrected chi connectivity index (χ0v) is 14.7. The number of carbonyl (C=O) groups excluding carboxylic acids is 2. The highest BCUT2D eigenvalue weighted by Gasteiger charge is 2.13. The molecule has 1 aromatic rings. The molecule has 6 heteroatoms. The maximum atomic E-state index is 12.0. The number of benzene rings is 1. The molecule has 0 radical (unpaired) electrons. The van der Waals surface area contributed by atoms with E-state index >= 15 is 0 Å². The third kappa shape index (κ3) is 7.48. The van der Waals surface area contributed by atoms with Gasteiger partial charge in [0.05, 0.1) is 17.1 Å². The van der Waals surface area contributed by atoms with E-state index in [1.54, 1.807) is 24.3 Å². The number of unbranched alkanes of at least 4 members (excludes halogenated alkanes) is 2. The Labute approximate surface area is 143 Å². The van der Waals surface area contributed by atoms with Gasteiger partial charge in [-0.05, 0) is 38.1 Å². The molecule has 2 N–H and O–H groups in total. The van der Waals surface area contributed by atoms with Gasteiger partial charge in [0, 0.05) is 0 Å². The molecule has 23 heavy (non-hydrogen) atoms. The highest BCUT2D eigenvalue weighted by atomic mass is 35.5. The third-order valence-corrected chi connectivity index (χ3v) is 3.79. The minimum atomic E-state index is -0.419. The number of hydrogen-bond donors (Lipinski definition) is 2. The van der Waals surface area contributed by atoms with Crippen LogP contribution in [-0.4, -0.2) is 36.3 Å². The van der Waals surface area contributed by atoms with Crippen LogP contribution in [-0.2, 0) is 4.79 Å². The molecule has 2 amide bonds. The van der Waals surface area contributed by atoms with Gasteiger partial charge in [0.1, 0.15) is 0 Å². The van der Waals surface area contributed by atoms with Crippen molar-refractivity contribution in [2.45, 2.75) is 39.5 Å². The maximum absolute atomic E-state index is 12.0. The van der Waals surface area contributed by atoms with Crippen LogP contribution in [0.5, 0.6) is 0 Å². The lowest BCUT2D eigenvalue weighted by molar-refractivity contribution is -0.123. The molecule has 128 valence electrons. The fourth-order valence-corrected chi connectivity index (χ4v) is 2.34. The minimum Gasteiger partial charge on any atom is -0.294 e. The summed E-state index contributed by atoms with van der Waals surface area (Å²) in [6.45, 7) is 6.32. The van der Waals surface area contributed by atoms with Gasteiger partial charge in [-0.1, -0.05) is 50.4 Å². The molecule has 0 heterocycles. The monoisotopic (exact) mass is 339 g/mol. The number of halogens is 1. The lowest BCUT2D eigenvalue weighted by Gasteiger charge is -2.21. The quantitative estimate of drug-likeness (QED) is 0.680. The molecule has 5 nitrogen and oxygen atoms in total. The summed E-state index contributed by atoms with van der Waals surface area (Å²) in [5.41, 5.74) is 5.20. The second-order valence-electron chi connectivity index (χ2n) is 5.47. The Hall–Kier alpha value is -1.59. The number of hydrazine groups is 1. The fraction of sp³-hybridized carbons (Fsp3) is 0.529. The average Bonchev–Trinajstić information content (AvgIpc) is 2.55. The molecule has 0 saturated carbocycles. The van der Waals surface area contributed by atoms with Crippen LogP contribution in [0.15, 0.2) is 24.3 Å². The number of amides is 2. The van der Waals surface area contributed by atoms with Crippen molar-refractivity contribution in [2.24, 2.45) is 0 Å². The molecular weight excluding hydrogens is 314 g/mol. The molecule has 0 unspecified atom stereocenters. The summed E-state index contributed by atoms with van der Waals surface area (Å²) < 4.78 is 0. The summed E-state index contributed by atoms with van der Waals surface area (Å²) in [4.78, 5) is 26.1. The smallest absolute Gasteiger partial charge is 0.271 e. The maximum Gasteiger partial charge on any atom is 0.271 e. The topological polar surface area (TPSA) is 61.4 Å². The largest absolute Gasteiger partial charge is 0.294 e. The molecule has 0 aliphatic rings. The normalized spacial score (nSPS) is 10.6. The van der Waals surface area contributed by atoms with Crippen LogP contribution in [0.3, 0.4) is 0 Å². The van der Waals surface area contributed by atoms with Crippen molar-refractivity contribution in [3.05, 3.63) is 34.9 Å². The van der Waals surface area contributed by atoms with Crippen LogP contribution < -0.4 is 10.9 Å². The Kier molecular flexibility index (Phi) is 9.33. The van der Waals surface area contributed by atoms with Crippen LogP contribution in [0.1, 0.15) is 49.9 Å². The Balaban J connectivity index is 2.44. The van der Waals surface area contributed by atoms with Crippen LogP contribution in [0, 0.1) is 0 Å². The van der Waals surface area contributed by atoms with E-state index in [9.17, 15) is 9.59 Å². The lowest BCUT2D eigenvalue weighted by atomic mass is 10.2. The number of rotatable bonds is 9. The summed E-state index contributed by atoms with van der Waals surface area (Å²) in [7, 11) is 0. The van der Waals surface area contributed by atoms with E-state index < -0.39 is 5.91 Å². The van der Waals surface area contributed by atoms with E-state index in [1.165, 1.54) is 0 Å². The second kappa shape index (κ2) is 11.0. The van der Waals surface area contributed by atoms with E-state index in [0.29, 0.717) is 10.6 Å². The number of nitrogens with one attached hydrogen (secondary N) is 2. The fourth-order valence-electron chi connectivity index (χ4n) is 2.12. The number of hydrogen-bond acceptors (Lipinski definition) is 3. The molecule has 0 atom stereocenters. The zero-order valence-electron chi connectivity index (χ0n) is 13.9. The molecule has 0 saturated heterocycles. The first-order chi connectivity index (χ1) is 11.1. The minimum absolute atomic E-state index is 0.224. The molecular formula is C17H26ClN3O2. The van der Waals surface area contributed by atoms with Gasteiger partial charge in [-0.2, -0.15) is 0 Å². The van der Waals surface area contributed by atoms with Crippen molar-refractivity contribution in [3.8, 4) is 0 Å². The van der Waals surface area contributed by atoms with Crippen molar-refractivity contribution in [3.63, 3.8) is 0 Å². The Morgan fingerprint density at radius 1 is 1.04 bits per heavy atom. The highest BCUT2D eigenvalue weighted by Crippen LogP contribution is 2.14. The standard InChI is InChI=1S/C17H26ClN3O2/c1-3-5-11-21(12-6-4-2)13-16(22)19-20-17(23)14-9-7-8-10-15(14)18/h7-10H,3-6,11-13H2,1-2H3,(H,19,22)(H,20,23). The highest BCUT2D eigenvalue weighted by molar-refractivity contribution is 6.33. The summed E-state index contributed by atoms with van der Waals surface area (Å²) in [6.07, 6.45) is 4.30. The average molecular weight is 340 g/mol. The van der Waals surface area contributed by atoms with Crippen molar-refractivity contribution in [1.29, 1.82) is 0 Å². The molecule has 0 aromatic heterocycles. The lowest BCUT2D eigenvalue weighted by Crippen LogP contribution is -2.46. The molecule has 0 aliphatic carbocycles. The second-order valence-corrected chi connectivity index (χ2v) is 5.87. The molecule has 0 fully saturated rings. The first-order valence-corrected chi connectivity index (χ1v) is 8.52. The Bertz CT molecular complexity index is 500. The predicted octanol–water partition coefficient (Wildman–Crippen LogP) is 3.00. The van der Waals surface area contributed by atoms with Gasteiger partial charge in [-0.15, -0.1) is 0 Å². The van der Waals surface area contributed by atoms with Crippen LogP contribution >= 0.6 is 11.6 Å². The summed E-state index contributed by atoms with van der Waals surface area (Å²) in [5.74, 6) is -0.643. The Morgan fingerprint density at radius 2 is 1.65 bits per heavy atom. The molecule has 0 aliphatic heterocycles. The van der Waals surface area contributed by atoms with Crippen molar-refractivity contribution in [1.82, 2.24) is 15.8 Å². The van der Waals surface area contributed by atoms with Crippen molar-refractivity contribution in [2.75, 3.05) is 19.6 Å². The van der Waals surface area contributed by atoms with Crippen molar-refractivity contribution < 1.29 is 9.59 Å². The van der Waals surface area contributed by atoms with Gasteiger partial charge in [0.25, 0.3) is 11.8 Å². The first kappa shape index (κ1) is 19.5. The number of carbonyl (C=O) groups is 2. The van der Waals surface area contributed by atoms with Gasteiger partial charge in [-0.3, -0.25) is 25.3 Å². The van der Waals surface area contributed by atoms with Gasteiger partial charge < -0.3 is 0 Å². The van der Waals surface area contributed by atoms with Crippen LogP contribution in [0.2, 0.25) is 5.02 Å². The predicted molar refractivity (Wildman–Crippen MR) is 93.3 cm³/mol. The van der Waals surface area contributed by atoms with E-state index in [-0.39, 0.29) is 12.5 Å².